The van der Waals surface area contributed by atoms with Gasteiger partial charge in [-0.15, -0.1) is 0 Å². The van der Waals surface area contributed by atoms with Gasteiger partial charge in [0.1, 0.15) is 0 Å². The Morgan fingerprint density at radius 3 is 1.84 bits per heavy atom. The summed E-state index contributed by atoms with van der Waals surface area (Å²) in [5, 5.41) is 24.5. The number of aryl methyl sites for hydroxylation is 1. The molecule has 19 heavy (non-hydrogen) atoms. The van der Waals surface area contributed by atoms with E-state index in [1.54, 1.807) is 0 Å². The zero-order chi connectivity index (χ0) is 13.4. The van der Waals surface area contributed by atoms with Gasteiger partial charge in [-0.05, 0) is 28.5 Å². The average Bonchev–Trinajstić information content (AvgIpc) is 2.44. The minimum Gasteiger partial charge on any atom is -0.515 e. The molecule has 0 aliphatic rings. The molecule has 2 heteroatoms. The van der Waals surface area contributed by atoms with E-state index in [4.69, 9.17) is 0 Å². The second-order valence-corrected chi connectivity index (χ2v) is 4.68. The summed E-state index contributed by atoms with van der Waals surface area (Å²) < 4.78 is 0. The van der Waals surface area contributed by atoms with Gasteiger partial charge in [-0.25, -0.2) is 0 Å². The van der Waals surface area contributed by atoms with Crippen LogP contribution in [0.25, 0.3) is 34.1 Å². The van der Waals surface area contributed by atoms with Gasteiger partial charge in [0.25, 0.3) is 0 Å². The summed E-state index contributed by atoms with van der Waals surface area (Å²) >= 11 is 0. The molecular weight excluding hydrogens is 236 g/mol. The molecule has 0 unspecified atom stereocenters. The van der Waals surface area contributed by atoms with Gasteiger partial charge in [-0.3, -0.25) is 0 Å². The highest BCUT2D eigenvalue weighted by atomic mass is 16.2. The van der Waals surface area contributed by atoms with Gasteiger partial charge in [-0.1, -0.05) is 48.0 Å². The summed E-state index contributed by atoms with van der Waals surface area (Å²) in [6, 6.07) is 13.8. The molecule has 0 aromatic heterocycles. The van der Waals surface area contributed by atoms with E-state index in [9.17, 15) is 10.2 Å². The molecule has 3 aromatic rings. The second kappa shape index (κ2) is 4.32. The highest BCUT2D eigenvalue weighted by Crippen LogP contribution is 2.15. The number of aliphatic hydroxyl groups is 2. The quantitative estimate of drug-likeness (QED) is 0.602. The Kier molecular flexibility index (Phi) is 2.64. The molecule has 0 radical (unpaired) electrons. The molecule has 0 saturated heterocycles. The fourth-order valence-corrected chi connectivity index (χ4v) is 2.64. The zero-order valence-electron chi connectivity index (χ0n) is 10.6. The van der Waals surface area contributed by atoms with Crippen LogP contribution >= 0.6 is 0 Å². The Hall–Kier alpha value is -2.48. The molecule has 0 aliphatic heterocycles. The molecule has 0 aliphatic carbocycles. The van der Waals surface area contributed by atoms with Crippen molar-refractivity contribution in [3.05, 3.63) is 58.5 Å². The van der Waals surface area contributed by atoms with Crippen LogP contribution in [0.3, 0.4) is 0 Å². The third kappa shape index (κ3) is 1.65. The molecule has 94 valence electrons. The lowest BCUT2D eigenvalue weighted by Crippen LogP contribution is -2.15. The van der Waals surface area contributed by atoms with Gasteiger partial charge in [0.05, 0.1) is 12.5 Å². The fraction of sp³-hybridized carbons (Fsp3) is 0.0588. The molecule has 0 amide bonds. The van der Waals surface area contributed by atoms with Crippen LogP contribution in [0.15, 0.2) is 42.5 Å². The van der Waals surface area contributed by atoms with Crippen molar-refractivity contribution >= 4 is 34.1 Å². The Labute approximate surface area is 110 Å². The summed E-state index contributed by atoms with van der Waals surface area (Å²) in [6.07, 6.45) is 2.28. The predicted molar refractivity (Wildman–Crippen MR) is 79.6 cm³/mol. The number of rotatable bonds is 0. The van der Waals surface area contributed by atoms with E-state index in [2.05, 4.69) is 0 Å². The summed E-state index contributed by atoms with van der Waals surface area (Å²) in [6.45, 7) is 2.01. The average molecular weight is 250 g/mol. The van der Waals surface area contributed by atoms with Crippen molar-refractivity contribution in [2.45, 2.75) is 6.92 Å². The monoisotopic (exact) mass is 250 g/mol. The third-order valence-corrected chi connectivity index (χ3v) is 3.52. The van der Waals surface area contributed by atoms with E-state index in [1.165, 1.54) is 0 Å². The van der Waals surface area contributed by atoms with Crippen molar-refractivity contribution in [1.82, 2.24) is 0 Å². The van der Waals surface area contributed by atoms with Crippen LogP contribution < -0.4 is 10.4 Å². The van der Waals surface area contributed by atoms with E-state index in [0.29, 0.717) is 0 Å². The summed E-state index contributed by atoms with van der Waals surface area (Å²) in [5.74, 6) is 0. The van der Waals surface area contributed by atoms with Gasteiger partial charge in [0, 0.05) is 10.4 Å². The maximum atomic E-state index is 9.59. The minimum absolute atomic E-state index is 0.788. The first-order valence-electron chi connectivity index (χ1n) is 6.16. The molecule has 0 spiro atoms. The SMILES string of the molecule is Cc1ccc2c(=CO)c3ccccc3c(=CO)c2c1. The highest BCUT2D eigenvalue weighted by molar-refractivity contribution is 6.00. The maximum absolute atomic E-state index is 9.59. The number of fused-ring (bicyclic) bond motifs is 2. The minimum atomic E-state index is 0.788. The number of hydrogen-bond acceptors (Lipinski definition) is 2. The topological polar surface area (TPSA) is 40.5 Å². The Morgan fingerprint density at radius 1 is 0.737 bits per heavy atom. The van der Waals surface area contributed by atoms with Crippen LogP contribution in [0.5, 0.6) is 0 Å². The number of benzene rings is 3. The first-order valence-corrected chi connectivity index (χ1v) is 6.16. The van der Waals surface area contributed by atoms with Crippen molar-refractivity contribution in [3.63, 3.8) is 0 Å². The number of aliphatic hydroxyl groups excluding tert-OH is 2. The van der Waals surface area contributed by atoms with Gasteiger partial charge in [-0.2, -0.15) is 0 Å². The maximum Gasteiger partial charge on any atom is 0.0876 e. The second-order valence-electron chi connectivity index (χ2n) is 4.68. The standard InChI is InChI=1S/C17H14O2/c1-11-6-7-14-15(8-11)17(10-19)13-5-3-2-4-12(13)16(14)9-18/h2-10,18-19H,1H3. The number of hydrogen-bond donors (Lipinski definition) is 2. The van der Waals surface area contributed by atoms with Crippen molar-refractivity contribution in [2.24, 2.45) is 0 Å². The summed E-state index contributed by atoms with van der Waals surface area (Å²) in [7, 11) is 0. The molecule has 0 heterocycles. The van der Waals surface area contributed by atoms with Crippen molar-refractivity contribution in [2.75, 3.05) is 0 Å². The lowest BCUT2D eigenvalue weighted by molar-refractivity contribution is 0.540. The van der Waals surface area contributed by atoms with Gasteiger partial charge < -0.3 is 10.2 Å². The summed E-state index contributed by atoms with van der Waals surface area (Å²) in [5.41, 5.74) is 1.12. The molecule has 3 rings (SSSR count). The zero-order valence-corrected chi connectivity index (χ0v) is 10.6. The lowest BCUT2D eigenvalue weighted by atomic mass is 9.97. The van der Waals surface area contributed by atoms with E-state index >= 15 is 0 Å². The Balaban J connectivity index is 2.79. The lowest BCUT2D eigenvalue weighted by Gasteiger charge is -2.07. The van der Waals surface area contributed by atoms with Crippen LogP contribution in [-0.2, 0) is 0 Å². The van der Waals surface area contributed by atoms with E-state index in [1.807, 2.05) is 49.4 Å². The van der Waals surface area contributed by atoms with Gasteiger partial charge in [0.2, 0.25) is 0 Å². The largest absolute Gasteiger partial charge is 0.515 e. The van der Waals surface area contributed by atoms with Crippen LogP contribution in [0.1, 0.15) is 5.56 Å². The van der Waals surface area contributed by atoms with E-state index in [-0.39, 0.29) is 0 Å². The molecule has 0 saturated carbocycles. The predicted octanol–water partition coefficient (Wildman–Crippen LogP) is 2.89. The molecule has 3 aromatic carbocycles. The van der Waals surface area contributed by atoms with Crippen molar-refractivity contribution in [3.8, 4) is 0 Å². The first-order chi connectivity index (χ1) is 9.26. The molecular formula is C17H14O2. The van der Waals surface area contributed by atoms with Gasteiger partial charge in [0.15, 0.2) is 0 Å². The fourth-order valence-electron chi connectivity index (χ4n) is 2.64. The molecule has 2 nitrogen and oxygen atoms in total. The Morgan fingerprint density at radius 2 is 1.26 bits per heavy atom. The van der Waals surface area contributed by atoms with Crippen LogP contribution in [0.2, 0.25) is 0 Å². The third-order valence-electron chi connectivity index (χ3n) is 3.52. The molecule has 0 fully saturated rings. The molecule has 2 N–H and O–H groups in total. The summed E-state index contributed by atoms with van der Waals surface area (Å²) in [4.78, 5) is 0. The van der Waals surface area contributed by atoms with Crippen molar-refractivity contribution < 1.29 is 10.2 Å². The van der Waals surface area contributed by atoms with Gasteiger partial charge >= 0.3 is 0 Å². The van der Waals surface area contributed by atoms with Crippen molar-refractivity contribution in [1.29, 1.82) is 0 Å². The molecule has 0 bridgehead atoms. The smallest absolute Gasteiger partial charge is 0.0876 e. The normalized spacial score (nSPS) is 13.5. The van der Waals surface area contributed by atoms with Crippen LogP contribution in [0.4, 0.5) is 0 Å². The van der Waals surface area contributed by atoms with Crippen LogP contribution in [-0.4, -0.2) is 10.2 Å². The Bertz CT molecular complexity index is 892. The van der Waals surface area contributed by atoms with E-state index in [0.717, 1.165) is 50.1 Å². The first kappa shape index (κ1) is 11.6. The highest BCUT2D eigenvalue weighted by Gasteiger charge is 2.05. The van der Waals surface area contributed by atoms with E-state index < -0.39 is 0 Å². The molecule has 0 atom stereocenters. The van der Waals surface area contributed by atoms with Crippen LogP contribution in [0, 0.1) is 6.92 Å².